The number of pyridine rings is 1. The van der Waals surface area contributed by atoms with E-state index in [1.54, 1.807) is 6.20 Å². The van der Waals surface area contributed by atoms with Crippen LogP contribution in [0.2, 0.25) is 0 Å². The third kappa shape index (κ3) is 2.70. The van der Waals surface area contributed by atoms with Gasteiger partial charge < -0.3 is 11.1 Å². The summed E-state index contributed by atoms with van der Waals surface area (Å²) in [6.45, 7) is 5.35. The molecule has 0 bridgehead atoms. The highest BCUT2D eigenvalue weighted by molar-refractivity contribution is 7.99. The molecule has 0 radical (unpaired) electrons. The lowest BCUT2D eigenvalue weighted by Crippen LogP contribution is -2.25. The first-order valence-electron chi connectivity index (χ1n) is 5.96. The number of nitrogen functional groups attached to an aromatic ring is 1. The van der Waals surface area contributed by atoms with E-state index in [9.17, 15) is 0 Å². The Kier molecular flexibility index (Phi) is 3.66. The molecular weight excluding hydrogens is 242 g/mol. The topological polar surface area (TPSA) is 50.9 Å². The Morgan fingerprint density at radius 2 is 2.11 bits per heavy atom. The van der Waals surface area contributed by atoms with Crippen LogP contribution in [-0.4, -0.2) is 22.5 Å². The number of thioether (sulfide) groups is 1. The lowest BCUT2D eigenvalue weighted by molar-refractivity contribution is 0.753. The second-order valence-corrected chi connectivity index (χ2v) is 6.43. The van der Waals surface area contributed by atoms with Crippen molar-refractivity contribution in [2.24, 2.45) is 0 Å². The van der Waals surface area contributed by atoms with Crippen LogP contribution in [0.4, 0.5) is 11.4 Å². The van der Waals surface area contributed by atoms with Gasteiger partial charge in [0.25, 0.3) is 0 Å². The first-order valence-corrected chi connectivity index (χ1v) is 7.18. The maximum atomic E-state index is 5.94. The number of anilines is 2. The standard InChI is InChI=1S/C14H19N3S/c1-14(2,18-3)9-17-12-7-8-16-13-10(12)5-4-6-11(13)15/h4-8H,9,15H2,1-3H3,(H,16,17). The summed E-state index contributed by atoms with van der Waals surface area (Å²) in [7, 11) is 0. The Labute approximate surface area is 112 Å². The maximum Gasteiger partial charge on any atom is 0.0951 e. The third-order valence-corrected chi connectivity index (χ3v) is 4.31. The van der Waals surface area contributed by atoms with E-state index in [-0.39, 0.29) is 4.75 Å². The van der Waals surface area contributed by atoms with Gasteiger partial charge in [-0.05, 0) is 32.2 Å². The summed E-state index contributed by atoms with van der Waals surface area (Å²) in [4.78, 5) is 4.34. The molecule has 4 heteroatoms. The average Bonchev–Trinajstić information content (AvgIpc) is 2.37. The summed E-state index contributed by atoms with van der Waals surface area (Å²) in [5, 5.41) is 4.57. The Morgan fingerprint density at radius 3 is 2.83 bits per heavy atom. The first-order chi connectivity index (χ1) is 8.53. The molecule has 3 N–H and O–H groups in total. The van der Waals surface area contributed by atoms with E-state index < -0.39 is 0 Å². The van der Waals surface area contributed by atoms with Crippen LogP contribution >= 0.6 is 11.8 Å². The summed E-state index contributed by atoms with van der Waals surface area (Å²) >= 11 is 1.85. The molecule has 0 amide bonds. The molecule has 2 aromatic rings. The van der Waals surface area contributed by atoms with E-state index in [4.69, 9.17) is 5.73 Å². The Morgan fingerprint density at radius 1 is 1.33 bits per heavy atom. The van der Waals surface area contributed by atoms with Gasteiger partial charge in [0.1, 0.15) is 0 Å². The summed E-state index contributed by atoms with van der Waals surface area (Å²) in [5.41, 5.74) is 8.62. The van der Waals surface area contributed by atoms with Crippen LogP contribution < -0.4 is 11.1 Å². The fourth-order valence-corrected chi connectivity index (χ4v) is 1.95. The number of benzene rings is 1. The number of hydrogen-bond acceptors (Lipinski definition) is 4. The van der Waals surface area contributed by atoms with E-state index >= 15 is 0 Å². The van der Waals surface area contributed by atoms with Crippen molar-refractivity contribution in [2.45, 2.75) is 18.6 Å². The molecule has 0 aliphatic rings. The van der Waals surface area contributed by atoms with Crippen molar-refractivity contribution >= 4 is 34.0 Å². The Bertz CT molecular complexity index is 552. The Hall–Kier alpha value is -1.42. The van der Waals surface area contributed by atoms with Crippen LogP contribution in [0.1, 0.15) is 13.8 Å². The van der Waals surface area contributed by atoms with Gasteiger partial charge in [0.05, 0.1) is 11.2 Å². The van der Waals surface area contributed by atoms with Crippen LogP contribution in [0, 0.1) is 0 Å². The summed E-state index contributed by atoms with van der Waals surface area (Å²) in [5.74, 6) is 0. The minimum atomic E-state index is 0.204. The number of fused-ring (bicyclic) bond motifs is 1. The molecule has 18 heavy (non-hydrogen) atoms. The molecule has 0 saturated carbocycles. The zero-order valence-corrected chi connectivity index (χ0v) is 11.8. The van der Waals surface area contributed by atoms with Gasteiger partial charge in [0.15, 0.2) is 0 Å². The van der Waals surface area contributed by atoms with Crippen LogP contribution in [0.15, 0.2) is 30.5 Å². The zero-order chi connectivity index (χ0) is 13.2. The van der Waals surface area contributed by atoms with E-state index in [0.717, 1.165) is 28.8 Å². The fraction of sp³-hybridized carbons (Fsp3) is 0.357. The monoisotopic (exact) mass is 261 g/mol. The van der Waals surface area contributed by atoms with Crippen LogP contribution in [0.5, 0.6) is 0 Å². The lowest BCUT2D eigenvalue weighted by Gasteiger charge is -2.23. The number of hydrogen-bond donors (Lipinski definition) is 2. The van der Waals surface area contributed by atoms with Gasteiger partial charge in [-0.3, -0.25) is 4.98 Å². The van der Waals surface area contributed by atoms with Gasteiger partial charge in [-0.15, -0.1) is 0 Å². The molecule has 1 aromatic heterocycles. The van der Waals surface area contributed by atoms with Gasteiger partial charge >= 0.3 is 0 Å². The number of aromatic nitrogens is 1. The predicted octanol–water partition coefficient (Wildman–Crippen LogP) is 3.37. The predicted molar refractivity (Wildman–Crippen MR) is 82.2 cm³/mol. The van der Waals surface area contributed by atoms with Crippen molar-refractivity contribution < 1.29 is 0 Å². The number of para-hydroxylation sites is 1. The molecular formula is C14H19N3S. The highest BCUT2D eigenvalue weighted by atomic mass is 32.2. The van der Waals surface area contributed by atoms with Crippen molar-refractivity contribution in [1.82, 2.24) is 4.98 Å². The van der Waals surface area contributed by atoms with Crippen molar-refractivity contribution in [2.75, 3.05) is 23.9 Å². The quantitative estimate of drug-likeness (QED) is 0.829. The lowest BCUT2D eigenvalue weighted by atomic mass is 10.1. The van der Waals surface area contributed by atoms with E-state index in [2.05, 4.69) is 30.4 Å². The van der Waals surface area contributed by atoms with Crippen molar-refractivity contribution in [3.8, 4) is 0 Å². The van der Waals surface area contributed by atoms with Gasteiger partial charge in [-0.25, -0.2) is 0 Å². The van der Waals surface area contributed by atoms with Crippen molar-refractivity contribution in [3.63, 3.8) is 0 Å². The smallest absolute Gasteiger partial charge is 0.0951 e. The molecule has 2 rings (SSSR count). The van der Waals surface area contributed by atoms with Crippen LogP contribution in [0.25, 0.3) is 10.9 Å². The molecule has 0 saturated heterocycles. The average molecular weight is 261 g/mol. The van der Waals surface area contributed by atoms with E-state index in [1.165, 1.54) is 0 Å². The summed E-state index contributed by atoms with van der Waals surface area (Å²) in [6.07, 6.45) is 3.93. The van der Waals surface area contributed by atoms with Crippen LogP contribution in [0.3, 0.4) is 0 Å². The highest BCUT2D eigenvalue weighted by Gasteiger charge is 2.16. The van der Waals surface area contributed by atoms with Crippen LogP contribution in [-0.2, 0) is 0 Å². The molecule has 1 aromatic carbocycles. The van der Waals surface area contributed by atoms with Gasteiger partial charge in [0, 0.05) is 28.6 Å². The van der Waals surface area contributed by atoms with E-state index in [0.29, 0.717) is 0 Å². The second kappa shape index (κ2) is 5.06. The maximum absolute atomic E-state index is 5.94. The van der Waals surface area contributed by atoms with E-state index in [1.807, 2.05) is 36.0 Å². The molecule has 1 heterocycles. The molecule has 3 nitrogen and oxygen atoms in total. The molecule has 0 fully saturated rings. The number of nitrogens with zero attached hydrogens (tertiary/aromatic N) is 1. The molecule has 96 valence electrons. The minimum absolute atomic E-state index is 0.204. The number of nitrogens with two attached hydrogens (primary N) is 1. The summed E-state index contributed by atoms with van der Waals surface area (Å²) in [6, 6.07) is 7.89. The number of rotatable bonds is 4. The first kappa shape index (κ1) is 13.0. The molecule has 0 aliphatic heterocycles. The number of nitrogens with one attached hydrogen (secondary N) is 1. The molecule has 0 aliphatic carbocycles. The highest BCUT2D eigenvalue weighted by Crippen LogP contribution is 2.27. The van der Waals surface area contributed by atoms with Gasteiger partial charge in [0.2, 0.25) is 0 Å². The zero-order valence-electron chi connectivity index (χ0n) is 11.0. The SMILES string of the molecule is CSC(C)(C)CNc1ccnc2c(N)cccc12. The van der Waals surface area contributed by atoms with Gasteiger partial charge in [-0.1, -0.05) is 12.1 Å². The van der Waals surface area contributed by atoms with Crippen molar-refractivity contribution in [3.05, 3.63) is 30.5 Å². The summed E-state index contributed by atoms with van der Waals surface area (Å²) < 4.78 is 0.204. The molecule has 0 spiro atoms. The third-order valence-electron chi connectivity index (χ3n) is 3.06. The van der Waals surface area contributed by atoms with Crippen molar-refractivity contribution in [1.29, 1.82) is 0 Å². The Balaban J connectivity index is 2.32. The fourth-order valence-electron chi connectivity index (χ4n) is 1.73. The van der Waals surface area contributed by atoms with Gasteiger partial charge in [-0.2, -0.15) is 11.8 Å². The molecule has 0 atom stereocenters. The minimum Gasteiger partial charge on any atom is -0.397 e. The second-order valence-electron chi connectivity index (χ2n) is 4.92. The normalized spacial score (nSPS) is 11.7. The molecule has 0 unspecified atom stereocenters. The largest absolute Gasteiger partial charge is 0.397 e.